The molecule has 5 nitrogen and oxygen atoms in total. The van der Waals surface area contributed by atoms with Gasteiger partial charge in [-0.25, -0.2) is 4.79 Å². The molecular formula is C21H22N2O3S. The minimum absolute atomic E-state index is 0.281. The summed E-state index contributed by atoms with van der Waals surface area (Å²) in [6.07, 6.45) is 1.73. The van der Waals surface area contributed by atoms with E-state index in [1.807, 2.05) is 42.8 Å². The van der Waals surface area contributed by atoms with Gasteiger partial charge in [0.1, 0.15) is 0 Å². The van der Waals surface area contributed by atoms with Crippen molar-refractivity contribution in [2.45, 2.75) is 11.8 Å². The summed E-state index contributed by atoms with van der Waals surface area (Å²) in [7, 11) is 1.87. The summed E-state index contributed by atoms with van der Waals surface area (Å²) in [6.45, 7) is 2.29. The van der Waals surface area contributed by atoms with E-state index in [2.05, 4.69) is 29.6 Å². The highest BCUT2D eigenvalue weighted by Crippen LogP contribution is 2.21. The lowest BCUT2D eigenvalue weighted by Gasteiger charge is -2.06. The predicted octanol–water partition coefficient (Wildman–Crippen LogP) is 3.55. The van der Waals surface area contributed by atoms with Crippen LogP contribution in [-0.4, -0.2) is 35.3 Å². The predicted molar refractivity (Wildman–Crippen MR) is 108 cm³/mol. The second kappa shape index (κ2) is 8.77. The molecule has 3 aromatic rings. The van der Waals surface area contributed by atoms with Crippen LogP contribution in [0.5, 0.6) is 0 Å². The molecule has 1 heterocycles. The molecule has 0 bridgehead atoms. The van der Waals surface area contributed by atoms with Crippen LogP contribution in [-0.2, 0) is 16.6 Å². The van der Waals surface area contributed by atoms with Crippen LogP contribution < -0.4 is 5.32 Å². The van der Waals surface area contributed by atoms with Crippen molar-refractivity contribution in [3.8, 4) is 0 Å². The molecule has 6 heteroatoms. The van der Waals surface area contributed by atoms with Gasteiger partial charge in [0.05, 0.1) is 5.56 Å². The standard InChI is InChI=1S/C21H22N2O3S/c1-15-7-9-16(10-8-15)27-12-11-22-20(24)14-26-21(25)18-13-23(2)19-6-4-3-5-17(18)19/h3-10,13H,11-12,14H2,1-2H3,(H,22,24). The van der Waals surface area contributed by atoms with E-state index in [1.54, 1.807) is 18.0 Å². The summed E-state index contributed by atoms with van der Waals surface area (Å²) in [5.41, 5.74) is 2.64. The Balaban J connectivity index is 1.43. The number of nitrogens with zero attached hydrogens (tertiary/aromatic N) is 1. The Labute approximate surface area is 162 Å². The van der Waals surface area contributed by atoms with Gasteiger partial charge < -0.3 is 14.6 Å². The number of aryl methyl sites for hydroxylation is 2. The summed E-state index contributed by atoms with van der Waals surface area (Å²) in [4.78, 5) is 25.4. The number of nitrogens with one attached hydrogen (secondary N) is 1. The van der Waals surface area contributed by atoms with Crippen LogP contribution in [0.4, 0.5) is 0 Å². The highest BCUT2D eigenvalue weighted by molar-refractivity contribution is 7.99. The van der Waals surface area contributed by atoms with Gasteiger partial charge in [-0.1, -0.05) is 35.9 Å². The van der Waals surface area contributed by atoms with E-state index in [-0.39, 0.29) is 12.5 Å². The Morgan fingerprint density at radius 2 is 1.85 bits per heavy atom. The monoisotopic (exact) mass is 382 g/mol. The van der Waals surface area contributed by atoms with Crippen molar-refractivity contribution in [2.75, 3.05) is 18.9 Å². The van der Waals surface area contributed by atoms with Crippen molar-refractivity contribution >= 4 is 34.5 Å². The summed E-state index contributed by atoms with van der Waals surface area (Å²) >= 11 is 1.67. The number of carbonyl (C=O) groups excluding carboxylic acids is 2. The van der Waals surface area contributed by atoms with Crippen molar-refractivity contribution in [2.24, 2.45) is 7.05 Å². The Morgan fingerprint density at radius 3 is 2.63 bits per heavy atom. The highest BCUT2D eigenvalue weighted by Gasteiger charge is 2.16. The molecular weight excluding hydrogens is 360 g/mol. The van der Waals surface area contributed by atoms with Crippen LogP contribution in [0.3, 0.4) is 0 Å². The quantitative estimate of drug-likeness (QED) is 0.386. The fraction of sp³-hybridized carbons (Fsp3) is 0.238. The zero-order valence-electron chi connectivity index (χ0n) is 15.4. The number of carbonyl (C=O) groups is 2. The van der Waals surface area contributed by atoms with E-state index >= 15 is 0 Å². The van der Waals surface area contributed by atoms with Gasteiger partial charge in [0.15, 0.2) is 6.61 Å². The Morgan fingerprint density at radius 1 is 1.11 bits per heavy atom. The number of rotatable bonds is 7. The maximum absolute atomic E-state index is 12.3. The summed E-state index contributed by atoms with van der Waals surface area (Å²) in [6, 6.07) is 15.8. The number of benzene rings is 2. The number of aromatic nitrogens is 1. The normalized spacial score (nSPS) is 10.7. The smallest absolute Gasteiger partial charge is 0.340 e. The average Bonchev–Trinajstić information content (AvgIpc) is 3.02. The van der Waals surface area contributed by atoms with Gasteiger partial charge in [-0.15, -0.1) is 11.8 Å². The van der Waals surface area contributed by atoms with Crippen LogP contribution >= 0.6 is 11.8 Å². The molecule has 140 valence electrons. The first-order chi connectivity index (χ1) is 13.0. The third kappa shape index (κ3) is 4.92. The number of thioether (sulfide) groups is 1. The van der Waals surface area contributed by atoms with Crippen LogP contribution in [0.15, 0.2) is 59.6 Å². The van der Waals surface area contributed by atoms with Crippen LogP contribution in [0.25, 0.3) is 10.9 Å². The van der Waals surface area contributed by atoms with Gasteiger partial charge in [0, 0.05) is 41.3 Å². The van der Waals surface area contributed by atoms with Crippen LogP contribution in [0, 0.1) is 6.92 Å². The van der Waals surface area contributed by atoms with Gasteiger partial charge in [-0.3, -0.25) is 4.79 Å². The van der Waals surface area contributed by atoms with Crippen molar-refractivity contribution in [3.63, 3.8) is 0 Å². The van der Waals surface area contributed by atoms with E-state index in [0.29, 0.717) is 12.1 Å². The number of amides is 1. The Kier molecular flexibility index (Phi) is 6.19. The van der Waals surface area contributed by atoms with Gasteiger partial charge >= 0.3 is 5.97 Å². The first-order valence-electron chi connectivity index (χ1n) is 8.72. The summed E-state index contributed by atoms with van der Waals surface area (Å²) < 4.78 is 7.04. The summed E-state index contributed by atoms with van der Waals surface area (Å²) in [5, 5.41) is 3.59. The molecule has 0 aliphatic carbocycles. The topological polar surface area (TPSA) is 60.3 Å². The number of hydrogen-bond donors (Lipinski definition) is 1. The van der Waals surface area contributed by atoms with Crippen molar-refractivity contribution < 1.29 is 14.3 Å². The van der Waals surface area contributed by atoms with E-state index in [4.69, 9.17) is 4.74 Å². The van der Waals surface area contributed by atoms with Gasteiger partial charge in [-0.2, -0.15) is 0 Å². The van der Waals surface area contributed by atoms with Crippen molar-refractivity contribution in [3.05, 3.63) is 65.9 Å². The minimum atomic E-state index is -0.490. The maximum atomic E-state index is 12.3. The van der Waals surface area contributed by atoms with E-state index in [1.165, 1.54) is 5.56 Å². The second-order valence-electron chi connectivity index (χ2n) is 6.26. The molecule has 27 heavy (non-hydrogen) atoms. The number of ether oxygens (including phenoxy) is 1. The van der Waals surface area contributed by atoms with E-state index in [9.17, 15) is 9.59 Å². The maximum Gasteiger partial charge on any atom is 0.340 e. The molecule has 0 atom stereocenters. The van der Waals surface area contributed by atoms with Gasteiger partial charge in [0.2, 0.25) is 0 Å². The lowest BCUT2D eigenvalue weighted by Crippen LogP contribution is -2.30. The third-order valence-corrected chi connectivity index (χ3v) is 5.18. The molecule has 0 spiro atoms. The molecule has 0 saturated carbocycles. The third-order valence-electron chi connectivity index (χ3n) is 4.17. The minimum Gasteiger partial charge on any atom is -0.452 e. The van der Waals surface area contributed by atoms with E-state index < -0.39 is 5.97 Å². The van der Waals surface area contributed by atoms with Crippen LogP contribution in [0.1, 0.15) is 15.9 Å². The van der Waals surface area contributed by atoms with Gasteiger partial charge in [-0.05, 0) is 25.1 Å². The average molecular weight is 382 g/mol. The Hall–Kier alpha value is -2.73. The van der Waals surface area contributed by atoms with Crippen molar-refractivity contribution in [1.29, 1.82) is 0 Å². The van der Waals surface area contributed by atoms with Crippen LogP contribution in [0.2, 0.25) is 0 Å². The number of para-hydroxylation sites is 1. The first kappa shape index (κ1) is 19.0. The molecule has 0 unspecified atom stereocenters. The lowest BCUT2D eigenvalue weighted by atomic mass is 10.2. The molecule has 0 radical (unpaired) electrons. The fourth-order valence-electron chi connectivity index (χ4n) is 2.76. The molecule has 0 aliphatic rings. The molecule has 1 N–H and O–H groups in total. The number of hydrogen-bond acceptors (Lipinski definition) is 4. The molecule has 3 rings (SSSR count). The number of fused-ring (bicyclic) bond motifs is 1. The van der Waals surface area contributed by atoms with E-state index in [0.717, 1.165) is 21.6 Å². The Bertz CT molecular complexity index is 948. The van der Waals surface area contributed by atoms with Crippen molar-refractivity contribution in [1.82, 2.24) is 9.88 Å². The molecule has 1 amide bonds. The fourth-order valence-corrected chi connectivity index (χ4v) is 3.53. The lowest BCUT2D eigenvalue weighted by molar-refractivity contribution is -0.124. The molecule has 1 aromatic heterocycles. The molecule has 0 saturated heterocycles. The molecule has 2 aromatic carbocycles. The first-order valence-corrected chi connectivity index (χ1v) is 9.70. The van der Waals surface area contributed by atoms with Gasteiger partial charge in [0.25, 0.3) is 5.91 Å². The molecule has 0 fully saturated rings. The number of esters is 1. The second-order valence-corrected chi connectivity index (χ2v) is 7.43. The SMILES string of the molecule is Cc1ccc(SCCNC(=O)COC(=O)c2cn(C)c3ccccc23)cc1. The summed E-state index contributed by atoms with van der Waals surface area (Å²) in [5.74, 6) is -0.0319. The largest absolute Gasteiger partial charge is 0.452 e. The zero-order valence-corrected chi connectivity index (χ0v) is 16.2. The molecule has 0 aliphatic heterocycles. The zero-order chi connectivity index (χ0) is 19.2. The highest BCUT2D eigenvalue weighted by atomic mass is 32.2.